The van der Waals surface area contributed by atoms with Gasteiger partial charge in [0.25, 0.3) is 5.56 Å². The maximum absolute atomic E-state index is 11.9. The van der Waals surface area contributed by atoms with Crippen LogP contribution in [0.15, 0.2) is 41.5 Å². The van der Waals surface area contributed by atoms with Gasteiger partial charge in [-0.3, -0.25) is 14.7 Å². The summed E-state index contributed by atoms with van der Waals surface area (Å²) in [4.78, 5) is 27.2. The molecular formula is C20H20N6O. The van der Waals surface area contributed by atoms with Crippen molar-refractivity contribution in [1.29, 1.82) is 5.26 Å². The van der Waals surface area contributed by atoms with Gasteiger partial charge in [-0.25, -0.2) is 4.98 Å². The first-order valence-corrected chi connectivity index (χ1v) is 8.75. The van der Waals surface area contributed by atoms with Gasteiger partial charge in [0, 0.05) is 53.4 Å². The van der Waals surface area contributed by atoms with Crippen LogP contribution in [0.2, 0.25) is 0 Å². The molecule has 0 aromatic carbocycles. The Bertz CT molecular complexity index is 1140. The van der Waals surface area contributed by atoms with E-state index in [9.17, 15) is 4.79 Å². The molecule has 1 saturated heterocycles. The number of anilines is 1. The van der Waals surface area contributed by atoms with E-state index in [4.69, 9.17) is 8.00 Å². The van der Waals surface area contributed by atoms with E-state index in [-0.39, 0.29) is 5.56 Å². The van der Waals surface area contributed by atoms with E-state index in [0.29, 0.717) is 53.9 Å². The Morgan fingerprint density at radius 2 is 2.04 bits per heavy atom. The van der Waals surface area contributed by atoms with Crippen LogP contribution >= 0.6 is 0 Å². The molecule has 4 rings (SSSR count). The molecule has 0 bridgehead atoms. The van der Waals surface area contributed by atoms with Gasteiger partial charge >= 0.3 is 0 Å². The lowest BCUT2D eigenvalue weighted by Gasteiger charge is -2.35. The third-order valence-electron chi connectivity index (χ3n) is 4.65. The van der Waals surface area contributed by atoms with Crippen molar-refractivity contribution in [3.05, 3.63) is 63.7 Å². The van der Waals surface area contributed by atoms with Crippen LogP contribution in [0, 0.1) is 18.3 Å². The van der Waals surface area contributed by atoms with E-state index >= 15 is 0 Å². The first-order chi connectivity index (χ1) is 13.9. The standard InChI is InChI=1S/C20H20N6O/c1-14-8-17-18(24-20(14)27)9-16(12-22-17)13-25-4-6-26(7-5-25)19-3-2-15(10-21)11-23-19/h2-3,8-9,11-12H,4-7,13H2,1H3,(H,24,27)/i13D2. The summed E-state index contributed by atoms with van der Waals surface area (Å²) in [5, 5.41) is 8.89. The molecule has 0 radical (unpaired) electrons. The summed E-state index contributed by atoms with van der Waals surface area (Å²) in [6.45, 7) is 2.27. The lowest BCUT2D eigenvalue weighted by atomic mass is 10.2. The molecule has 0 spiro atoms. The summed E-state index contributed by atoms with van der Waals surface area (Å²) < 4.78 is 17.3. The number of fused-ring (bicyclic) bond motifs is 1. The molecule has 0 unspecified atom stereocenters. The van der Waals surface area contributed by atoms with Crippen molar-refractivity contribution >= 4 is 16.9 Å². The number of pyridine rings is 3. The predicted octanol–water partition coefficient (Wildman–Crippen LogP) is 1.82. The summed E-state index contributed by atoms with van der Waals surface area (Å²) in [7, 11) is 0. The molecule has 4 heterocycles. The first kappa shape index (κ1) is 14.9. The summed E-state index contributed by atoms with van der Waals surface area (Å²) in [6, 6.07) is 8.97. The molecule has 3 aromatic rings. The summed E-state index contributed by atoms with van der Waals surface area (Å²) in [5.74, 6) is 0.782. The fourth-order valence-electron chi connectivity index (χ4n) is 3.11. The number of nitrogens with one attached hydrogen (secondary N) is 1. The van der Waals surface area contributed by atoms with Gasteiger partial charge in [-0.2, -0.15) is 5.26 Å². The number of aromatic amines is 1. The molecule has 1 aliphatic heterocycles. The third kappa shape index (κ3) is 3.66. The number of hydrogen-bond donors (Lipinski definition) is 1. The Labute approximate surface area is 159 Å². The highest BCUT2D eigenvalue weighted by atomic mass is 16.1. The minimum absolute atomic E-state index is 0.194. The minimum atomic E-state index is -1.72. The molecule has 27 heavy (non-hydrogen) atoms. The number of hydrogen-bond acceptors (Lipinski definition) is 6. The smallest absolute Gasteiger partial charge is 0.251 e. The van der Waals surface area contributed by atoms with Crippen LogP contribution in [-0.4, -0.2) is 46.0 Å². The fourth-order valence-corrected chi connectivity index (χ4v) is 3.11. The summed E-state index contributed by atoms with van der Waals surface area (Å²) in [5.41, 5.74) is 2.48. The molecule has 0 atom stereocenters. The number of aryl methyl sites for hydroxylation is 1. The topological polar surface area (TPSA) is 88.9 Å². The first-order valence-electron chi connectivity index (χ1n) is 9.75. The molecule has 1 N–H and O–H groups in total. The van der Waals surface area contributed by atoms with E-state index in [0.717, 1.165) is 5.82 Å². The molecule has 0 amide bonds. The molecule has 0 saturated carbocycles. The number of aromatic nitrogens is 3. The fraction of sp³-hybridized carbons (Fsp3) is 0.300. The normalized spacial score (nSPS) is 16.7. The highest BCUT2D eigenvalue weighted by Crippen LogP contribution is 2.16. The number of nitriles is 1. The molecule has 0 aliphatic carbocycles. The molecular weight excluding hydrogens is 340 g/mol. The van der Waals surface area contributed by atoms with E-state index in [1.54, 1.807) is 36.2 Å². The van der Waals surface area contributed by atoms with Gasteiger partial charge in [-0.15, -0.1) is 0 Å². The van der Waals surface area contributed by atoms with E-state index in [1.165, 1.54) is 6.20 Å². The van der Waals surface area contributed by atoms with Crippen LogP contribution < -0.4 is 10.5 Å². The van der Waals surface area contributed by atoms with Crippen LogP contribution in [0.1, 0.15) is 19.4 Å². The highest BCUT2D eigenvalue weighted by Gasteiger charge is 2.18. The van der Waals surface area contributed by atoms with Crippen LogP contribution in [0.3, 0.4) is 0 Å². The van der Waals surface area contributed by atoms with Crippen molar-refractivity contribution in [2.24, 2.45) is 0 Å². The molecule has 3 aromatic heterocycles. The predicted molar refractivity (Wildman–Crippen MR) is 104 cm³/mol. The van der Waals surface area contributed by atoms with Crippen LogP contribution in [-0.2, 0) is 6.50 Å². The van der Waals surface area contributed by atoms with Gasteiger partial charge in [0.2, 0.25) is 0 Å². The monoisotopic (exact) mass is 362 g/mol. The second-order valence-corrected chi connectivity index (χ2v) is 6.54. The maximum atomic E-state index is 11.9. The van der Waals surface area contributed by atoms with Crippen LogP contribution in [0.4, 0.5) is 5.82 Å². The Morgan fingerprint density at radius 1 is 1.22 bits per heavy atom. The maximum Gasteiger partial charge on any atom is 0.251 e. The van der Waals surface area contributed by atoms with Crippen molar-refractivity contribution in [2.45, 2.75) is 13.4 Å². The third-order valence-corrected chi connectivity index (χ3v) is 4.65. The van der Waals surface area contributed by atoms with Gasteiger partial charge in [-0.1, -0.05) is 0 Å². The SMILES string of the molecule is [2H]C([2H])(c1cnc2cc(C)c(=O)[nH]c2c1)N1CCN(c2ccc(C#N)cn2)CC1. The molecule has 136 valence electrons. The summed E-state index contributed by atoms with van der Waals surface area (Å²) >= 11 is 0. The molecule has 1 fully saturated rings. The quantitative estimate of drug-likeness (QED) is 0.764. The Balaban J connectivity index is 1.52. The number of H-pyrrole nitrogens is 1. The van der Waals surface area contributed by atoms with Crippen molar-refractivity contribution in [2.75, 3.05) is 31.1 Å². The average Bonchev–Trinajstić information content (AvgIpc) is 2.74. The van der Waals surface area contributed by atoms with Gasteiger partial charge in [0.1, 0.15) is 11.9 Å². The number of nitrogens with zero attached hydrogens (tertiary/aromatic N) is 5. The van der Waals surface area contributed by atoms with Crippen LogP contribution in [0.25, 0.3) is 11.0 Å². The second kappa shape index (κ2) is 7.17. The van der Waals surface area contributed by atoms with Crippen molar-refractivity contribution in [3.63, 3.8) is 0 Å². The second-order valence-electron chi connectivity index (χ2n) is 6.54. The van der Waals surface area contributed by atoms with E-state index in [2.05, 4.69) is 25.9 Å². The lowest BCUT2D eigenvalue weighted by Crippen LogP contribution is -2.46. The lowest BCUT2D eigenvalue weighted by molar-refractivity contribution is 0.249. The Hall–Kier alpha value is -3.24. The molecule has 7 nitrogen and oxygen atoms in total. The van der Waals surface area contributed by atoms with E-state index < -0.39 is 6.50 Å². The largest absolute Gasteiger partial charge is 0.354 e. The van der Waals surface area contributed by atoms with Gasteiger partial charge in [0.15, 0.2) is 0 Å². The van der Waals surface area contributed by atoms with Crippen molar-refractivity contribution < 1.29 is 2.74 Å². The average molecular weight is 362 g/mol. The Kier molecular flexibility index (Phi) is 3.95. The number of rotatable bonds is 3. The van der Waals surface area contributed by atoms with Crippen LogP contribution in [0.5, 0.6) is 0 Å². The highest BCUT2D eigenvalue weighted by molar-refractivity contribution is 5.74. The zero-order valence-corrected chi connectivity index (χ0v) is 14.9. The van der Waals surface area contributed by atoms with Crippen molar-refractivity contribution in [3.8, 4) is 6.07 Å². The zero-order valence-electron chi connectivity index (χ0n) is 16.9. The minimum Gasteiger partial charge on any atom is -0.354 e. The zero-order chi connectivity index (χ0) is 20.6. The van der Waals surface area contributed by atoms with Gasteiger partial charge < -0.3 is 9.88 Å². The Morgan fingerprint density at radius 3 is 2.74 bits per heavy atom. The van der Waals surface area contributed by atoms with E-state index in [1.807, 2.05) is 6.07 Å². The van der Waals surface area contributed by atoms with Crippen molar-refractivity contribution in [1.82, 2.24) is 19.9 Å². The van der Waals surface area contributed by atoms with Gasteiger partial charge in [-0.05, 0) is 36.8 Å². The van der Waals surface area contributed by atoms with Gasteiger partial charge in [0.05, 0.1) is 16.6 Å². The number of piperazine rings is 1. The molecule has 7 heteroatoms. The molecule has 1 aliphatic rings. The summed E-state index contributed by atoms with van der Waals surface area (Å²) in [6.07, 6.45) is 3.08.